The Morgan fingerprint density at radius 1 is 0.325 bits per heavy atom. The predicted molar refractivity (Wildman–Crippen MR) is 472 cm³/mol. The summed E-state index contributed by atoms with van der Waals surface area (Å²) in [5.74, 6) is -7.43. The number of nitrogens with zero attached hydrogens (tertiary/aromatic N) is 8. The van der Waals surface area contributed by atoms with Gasteiger partial charge in [0.05, 0.1) is 22.3 Å². The highest BCUT2D eigenvalue weighted by atomic mass is 16.4. The van der Waals surface area contributed by atoms with Gasteiger partial charge in [0.25, 0.3) is 0 Å². The Hall–Kier alpha value is -10.7. The van der Waals surface area contributed by atoms with Crippen LogP contribution in [0.5, 0.6) is 0 Å². The lowest BCUT2D eigenvalue weighted by atomic mass is 9.94. The summed E-state index contributed by atoms with van der Waals surface area (Å²) < 4.78 is 229. The molecule has 0 amide bonds. The molecule has 0 saturated carbocycles. The van der Waals surface area contributed by atoms with Crippen molar-refractivity contribution < 1.29 is 68.8 Å². The number of hydrogen-bond donors (Lipinski definition) is 0. The smallest absolute Gasteiger partial charge is 0.227 e. The monoisotopic (exact) mass is 1550 g/mol. The normalized spacial score (nSPS) is 18.0. The predicted octanol–water partition coefficient (Wildman–Crippen LogP) is 25.2. The van der Waals surface area contributed by atoms with Crippen LogP contribution >= 0.6 is 0 Å². The van der Waals surface area contributed by atoms with Crippen LogP contribution in [0.4, 0.5) is 0 Å². The molecule has 0 aliphatic heterocycles. The van der Waals surface area contributed by atoms with Crippen LogP contribution in [0, 0.1) is 27.7 Å². The van der Waals surface area contributed by atoms with Crippen LogP contribution < -0.4 is 18.3 Å². The molecule has 12 nitrogen and oxygen atoms in total. The van der Waals surface area contributed by atoms with E-state index >= 15 is 0 Å². The maximum Gasteiger partial charge on any atom is 0.227 e. The Morgan fingerprint density at radius 2 is 0.553 bits per heavy atom. The largest absolute Gasteiger partial charge is 0.437 e. The van der Waals surface area contributed by atoms with E-state index in [9.17, 15) is 0 Å². The van der Waals surface area contributed by atoms with Crippen molar-refractivity contribution in [2.75, 3.05) is 0 Å². The molecule has 0 bridgehead atoms. The van der Waals surface area contributed by atoms with Gasteiger partial charge >= 0.3 is 0 Å². The summed E-state index contributed by atoms with van der Waals surface area (Å²) in [7, 11) is 7.11. The minimum Gasteiger partial charge on any atom is -0.437 e. The molecule has 16 aromatic rings. The molecular formula is C102H120N8O4+4. The van der Waals surface area contributed by atoms with Gasteiger partial charge in [0, 0.05) is 145 Å². The van der Waals surface area contributed by atoms with Crippen LogP contribution in [0.15, 0.2) is 164 Å². The summed E-state index contributed by atoms with van der Waals surface area (Å²) in [6.07, 6.45) is 0.407. The zero-order valence-electron chi connectivity index (χ0n) is 93.6. The molecule has 12 aromatic heterocycles. The topological polar surface area (TPSA) is 120 Å². The van der Waals surface area contributed by atoms with Crippen LogP contribution in [0.25, 0.3) is 133 Å². The van der Waals surface area contributed by atoms with Gasteiger partial charge in [-0.25, -0.2) is 38.2 Å². The zero-order chi connectivity index (χ0) is 103. The minimum atomic E-state index is -2.63. The van der Waals surface area contributed by atoms with Gasteiger partial charge in [-0.2, -0.15) is 0 Å². The fourth-order valence-electron chi connectivity index (χ4n) is 15.3. The SMILES string of the molecule is [2H]C([2H])(C)c1cc(-c2c(C)ccc3c2oc2nc(C(C)C)ccc23)[n+](C)cc1C([2H])(C)C([2H])([2H])[2H].[2H]C([2H])(C)c1cc(-c2c(C)ccc3c2oc2nc(C(C)C)ccc23)[n+](C)cc1C([2H])(C)C([2H])([2H])[2H].[2H]C([2H])(C)c1cc(-c2c(C)ccc3c2oc2nc(CC)ccc23)[n+](C)cc1C([2H])(C)C([2H])([2H])[2H].[2H]C([2H])(C)c1cc(-c2c(C)ccc3c2oc2nc(CC)ccc23)[n+](C)cc1C([2H])(C)C([2H])([2H])[2H]. The lowest BCUT2D eigenvalue weighted by Gasteiger charge is -2.13. The molecule has 4 unspecified atom stereocenters. The Kier molecular flexibility index (Phi) is 16.3. The number of pyridine rings is 8. The molecule has 4 atom stereocenters. The van der Waals surface area contributed by atoms with Gasteiger partial charge in [-0.15, -0.1) is 0 Å². The van der Waals surface area contributed by atoms with E-state index in [1.54, 1.807) is 95.5 Å². The van der Waals surface area contributed by atoms with Crippen molar-refractivity contribution in [3.63, 3.8) is 0 Å². The van der Waals surface area contributed by atoms with Crippen molar-refractivity contribution in [2.24, 2.45) is 28.2 Å². The van der Waals surface area contributed by atoms with Crippen LogP contribution in [-0.4, -0.2) is 19.9 Å². The fourth-order valence-corrected chi connectivity index (χ4v) is 15.3. The highest BCUT2D eigenvalue weighted by Gasteiger charge is 2.30. The quantitative estimate of drug-likeness (QED) is 0.0878. The second-order valence-corrected chi connectivity index (χ2v) is 30.3. The summed E-state index contributed by atoms with van der Waals surface area (Å²) in [5, 5.41) is 7.23. The van der Waals surface area contributed by atoms with Crippen LogP contribution in [0.2, 0.25) is 0 Å². The maximum absolute atomic E-state index is 8.64. The molecule has 0 radical (unpaired) electrons. The third-order valence-electron chi connectivity index (χ3n) is 21.7. The summed E-state index contributed by atoms with van der Waals surface area (Å²) in [6.45, 7) is 20.5. The first kappa shape index (κ1) is 55.7. The summed E-state index contributed by atoms with van der Waals surface area (Å²) in [6, 6.07) is 38.6. The highest BCUT2D eigenvalue weighted by molar-refractivity contribution is 6.12. The molecule has 588 valence electrons. The van der Waals surface area contributed by atoms with Crippen molar-refractivity contribution in [1.82, 2.24) is 19.9 Å². The molecular weight excluding hydrogens is 1400 g/mol. The third kappa shape index (κ3) is 15.4. The molecule has 0 saturated heterocycles. The van der Waals surface area contributed by atoms with E-state index in [1.165, 1.54) is 55.4 Å². The molecule has 114 heavy (non-hydrogen) atoms. The van der Waals surface area contributed by atoms with Crippen molar-refractivity contribution in [1.29, 1.82) is 0 Å². The lowest BCUT2D eigenvalue weighted by Crippen LogP contribution is -2.32. The second kappa shape index (κ2) is 33.4. The number of benzene rings is 4. The van der Waals surface area contributed by atoms with Crippen molar-refractivity contribution >= 4 is 88.3 Å². The first-order valence-electron chi connectivity index (χ1n) is 50.9. The van der Waals surface area contributed by atoms with Crippen LogP contribution in [0.1, 0.15) is 282 Å². The molecule has 12 heteroatoms. The number of furan rings is 4. The Balaban J connectivity index is 0.000000155. The van der Waals surface area contributed by atoms with Crippen molar-refractivity contribution in [3.05, 3.63) is 236 Å². The van der Waals surface area contributed by atoms with Crippen LogP contribution in [0.3, 0.4) is 0 Å². The summed E-state index contributed by atoms with van der Waals surface area (Å²) in [5.41, 5.74) is 19.3. The highest BCUT2D eigenvalue weighted by Crippen LogP contribution is 2.43. The van der Waals surface area contributed by atoms with E-state index in [0.717, 1.165) is 123 Å². The van der Waals surface area contributed by atoms with E-state index in [0.29, 0.717) is 68.0 Å². The van der Waals surface area contributed by atoms with E-state index in [4.69, 9.17) is 60.5 Å². The molecule has 0 fully saturated rings. The van der Waals surface area contributed by atoms with E-state index < -0.39 is 76.5 Å². The fraction of sp³-hybridized carbons (Fsp3) is 0.373. The van der Waals surface area contributed by atoms with E-state index in [2.05, 4.69) is 37.7 Å². The third-order valence-corrected chi connectivity index (χ3v) is 21.7. The van der Waals surface area contributed by atoms with Gasteiger partial charge in [0.15, 0.2) is 47.1 Å². The van der Waals surface area contributed by atoms with Crippen molar-refractivity contribution in [3.8, 4) is 45.0 Å². The van der Waals surface area contributed by atoms with Crippen molar-refractivity contribution in [2.45, 2.75) is 226 Å². The van der Waals surface area contributed by atoms with Gasteiger partial charge in [-0.3, -0.25) is 0 Å². The van der Waals surface area contributed by atoms with Gasteiger partial charge in [0.1, 0.15) is 28.2 Å². The number of aromatic nitrogens is 8. The molecule has 16 rings (SSSR count). The van der Waals surface area contributed by atoms with E-state index in [1.807, 2.05) is 139 Å². The number of rotatable bonds is 16. The number of hydrogen-bond acceptors (Lipinski definition) is 8. The maximum atomic E-state index is 8.64. The minimum absolute atomic E-state index is 0.133. The molecule has 0 aliphatic rings. The summed E-state index contributed by atoms with van der Waals surface area (Å²) >= 11 is 0. The van der Waals surface area contributed by atoms with Gasteiger partial charge < -0.3 is 17.7 Å². The average Bonchev–Trinajstić information content (AvgIpc) is 1.64. The van der Waals surface area contributed by atoms with Gasteiger partial charge in [-0.05, 0) is 194 Å². The molecule has 0 spiro atoms. The first-order chi connectivity index (χ1) is 63.4. The molecule has 0 aliphatic carbocycles. The Morgan fingerprint density at radius 3 is 0.772 bits per heavy atom. The molecule has 0 N–H and O–H groups in total. The number of aryl methyl sites for hydroxylation is 14. The Labute approximate surface area is 709 Å². The Bertz CT molecular complexity index is 7030. The first-order valence-corrected chi connectivity index (χ1v) is 38.9. The van der Waals surface area contributed by atoms with Gasteiger partial charge in [0.2, 0.25) is 45.6 Å². The summed E-state index contributed by atoms with van der Waals surface area (Å²) in [4.78, 5) is 18.7. The zero-order valence-corrected chi connectivity index (χ0v) is 69.6. The lowest BCUT2D eigenvalue weighted by molar-refractivity contribution is -0.661. The average molecular weight is 1550 g/mol. The van der Waals surface area contributed by atoms with Gasteiger partial charge in [-0.1, -0.05) is 173 Å². The second-order valence-electron chi connectivity index (χ2n) is 30.3. The van der Waals surface area contributed by atoms with Crippen LogP contribution in [-0.2, 0) is 66.5 Å². The number of fused-ring (bicyclic) bond motifs is 12. The standard InChI is InChI=1S/2C26H31N2O.2C25H29N2O/c2*1-8-18-13-23(28(7)14-21(18)15(2)3)24-17(6)9-10-19-20-11-12-22(16(4)5)27-26(20)29-25(19)24;2*1-7-17-13-22(27(6)14-21(17)15(3)4)23-16(5)9-11-19-20-12-10-18(8-2)26-25(20)28-24(19)23/h2*9-16H,8H2,1-7H3;2*9-15H,7-8H2,1-6H3/q4*+1/i2*2D3,8D2,15D;2*3D3,7D2,15D. The van der Waals surface area contributed by atoms with E-state index in [-0.39, 0.29) is 56.3 Å². The molecule has 4 aromatic carbocycles. The molecule has 12 heterocycles.